The van der Waals surface area contributed by atoms with E-state index < -0.39 is 28.3 Å². The predicted octanol–water partition coefficient (Wildman–Crippen LogP) is 7.24. The number of nitrogens with zero attached hydrogens (tertiary/aromatic N) is 1. The van der Waals surface area contributed by atoms with Crippen LogP contribution >= 0.6 is 22.9 Å². The molecule has 5 aromatic rings. The fourth-order valence-corrected chi connectivity index (χ4v) is 6.74. The number of aromatic nitrogens is 1. The summed E-state index contributed by atoms with van der Waals surface area (Å²) in [6.07, 6.45) is 4.52. The quantitative estimate of drug-likeness (QED) is 0.146. The molecule has 0 fully saturated rings. The lowest BCUT2D eigenvalue weighted by Crippen LogP contribution is -2.15. The third kappa shape index (κ3) is 8.10. The SMILES string of the molecule is O=C(O)COc1ccc(CCCS(=O)(=O)c2ccc(Cl)cc2)cc1NC(=O)c1cccc(C=Cc2nc3ccccc3s2)c1. The molecule has 0 spiro atoms. The van der Waals surface area contributed by atoms with Crippen LogP contribution in [0.3, 0.4) is 0 Å². The molecule has 5 rings (SSSR count). The molecule has 4 aromatic carbocycles. The van der Waals surface area contributed by atoms with Gasteiger partial charge < -0.3 is 15.2 Å². The van der Waals surface area contributed by atoms with Crippen LogP contribution in [-0.4, -0.2) is 42.7 Å². The van der Waals surface area contributed by atoms with Crippen molar-refractivity contribution >= 4 is 72.7 Å². The number of hydrogen-bond acceptors (Lipinski definition) is 7. The minimum atomic E-state index is -3.50. The molecule has 0 aliphatic rings. The Hall–Kier alpha value is -4.51. The third-order valence-electron chi connectivity index (χ3n) is 6.57. The molecule has 0 unspecified atom stereocenters. The van der Waals surface area contributed by atoms with Crippen molar-refractivity contribution in [1.29, 1.82) is 0 Å². The predicted molar refractivity (Wildman–Crippen MR) is 174 cm³/mol. The molecule has 1 aromatic heterocycles. The first kappa shape index (κ1) is 30.9. The van der Waals surface area contributed by atoms with Crippen molar-refractivity contribution in [1.82, 2.24) is 4.98 Å². The number of hydrogen-bond donors (Lipinski definition) is 2. The molecule has 11 heteroatoms. The van der Waals surface area contributed by atoms with E-state index in [-0.39, 0.29) is 22.1 Å². The maximum absolute atomic E-state index is 13.3. The lowest BCUT2D eigenvalue weighted by molar-refractivity contribution is -0.139. The Kier molecular flexibility index (Phi) is 9.74. The van der Waals surface area contributed by atoms with Gasteiger partial charge in [-0.15, -0.1) is 11.3 Å². The largest absolute Gasteiger partial charge is 0.480 e. The fraction of sp³-hybridized carbons (Fsp3) is 0.121. The smallest absolute Gasteiger partial charge is 0.341 e. The summed E-state index contributed by atoms with van der Waals surface area (Å²) in [5, 5.41) is 13.2. The first-order valence-electron chi connectivity index (χ1n) is 13.6. The highest BCUT2D eigenvalue weighted by molar-refractivity contribution is 7.91. The summed E-state index contributed by atoms with van der Waals surface area (Å²) in [5.74, 6) is -1.47. The van der Waals surface area contributed by atoms with Gasteiger partial charge in [0.15, 0.2) is 16.4 Å². The highest BCUT2D eigenvalue weighted by Gasteiger charge is 2.16. The maximum Gasteiger partial charge on any atom is 0.341 e. The molecule has 0 aliphatic carbocycles. The van der Waals surface area contributed by atoms with E-state index in [1.165, 1.54) is 24.3 Å². The monoisotopic (exact) mass is 646 g/mol. The molecule has 8 nitrogen and oxygen atoms in total. The van der Waals surface area contributed by atoms with Gasteiger partial charge in [0, 0.05) is 10.6 Å². The number of halogens is 1. The molecule has 0 saturated carbocycles. The molecule has 1 heterocycles. The van der Waals surface area contributed by atoms with E-state index in [0.717, 1.165) is 26.4 Å². The fourth-order valence-electron chi connectivity index (χ4n) is 4.43. The topological polar surface area (TPSA) is 123 Å². The van der Waals surface area contributed by atoms with Gasteiger partial charge in [-0.05, 0) is 90.7 Å². The number of aryl methyl sites for hydroxylation is 1. The summed E-state index contributed by atoms with van der Waals surface area (Å²) in [7, 11) is -3.50. The molecule has 2 N–H and O–H groups in total. The van der Waals surface area contributed by atoms with E-state index in [1.807, 2.05) is 42.5 Å². The number of para-hydroxylation sites is 1. The molecule has 0 aliphatic heterocycles. The number of nitrogens with one attached hydrogen (secondary N) is 1. The first-order chi connectivity index (χ1) is 21.2. The van der Waals surface area contributed by atoms with E-state index in [0.29, 0.717) is 23.4 Å². The number of rotatable bonds is 12. The number of aliphatic carboxylic acids is 1. The van der Waals surface area contributed by atoms with Crippen molar-refractivity contribution in [3.05, 3.63) is 118 Å². The number of carboxylic acid groups (broad SMARTS) is 1. The number of carboxylic acids is 1. The van der Waals surface area contributed by atoms with Crippen molar-refractivity contribution < 1.29 is 27.9 Å². The zero-order chi connectivity index (χ0) is 31.1. The van der Waals surface area contributed by atoms with E-state index >= 15 is 0 Å². The van der Waals surface area contributed by atoms with Crippen LogP contribution in [0.1, 0.15) is 32.9 Å². The van der Waals surface area contributed by atoms with Crippen molar-refractivity contribution in [2.75, 3.05) is 17.7 Å². The number of benzene rings is 4. The minimum absolute atomic E-state index is 0.0785. The van der Waals surface area contributed by atoms with Crippen LogP contribution in [0, 0.1) is 0 Å². The van der Waals surface area contributed by atoms with E-state index in [9.17, 15) is 18.0 Å². The molecule has 0 atom stereocenters. The van der Waals surface area contributed by atoms with Gasteiger partial charge in [-0.1, -0.05) is 48.0 Å². The second kappa shape index (κ2) is 13.9. The summed E-state index contributed by atoms with van der Waals surface area (Å²) in [5.41, 5.74) is 3.15. The molecule has 224 valence electrons. The highest BCUT2D eigenvalue weighted by Crippen LogP contribution is 2.28. The average molecular weight is 647 g/mol. The number of carbonyl (C=O) groups excluding carboxylic acids is 1. The van der Waals surface area contributed by atoms with Crippen LogP contribution in [0.5, 0.6) is 5.75 Å². The van der Waals surface area contributed by atoms with Gasteiger partial charge in [0.2, 0.25) is 0 Å². The summed E-state index contributed by atoms with van der Waals surface area (Å²) in [6.45, 7) is -0.590. The number of fused-ring (bicyclic) bond motifs is 1. The molecule has 0 radical (unpaired) electrons. The second-order valence-electron chi connectivity index (χ2n) is 9.82. The van der Waals surface area contributed by atoms with Crippen LogP contribution in [0.4, 0.5) is 5.69 Å². The second-order valence-corrected chi connectivity index (χ2v) is 13.4. The van der Waals surface area contributed by atoms with Crippen LogP contribution < -0.4 is 10.1 Å². The Bertz CT molecular complexity index is 1920. The minimum Gasteiger partial charge on any atom is -0.480 e. The average Bonchev–Trinajstić information content (AvgIpc) is 3.43. The van der Waals surface area contributed by atoms with Gasteiger partial charge in [0.05, 0.1) is 26.6 Å². The first-order valence-corrected chi connectivity index (χ1v) is 16.4. The Morgan fingerprint density at radius 3 is 2.52 bits per heavy atom. The standard InChI is InChI=1S/C33H27ClN2O6S2/c34-25-12-14-26(15-13-25)44(40,41)18-4-6-23-10-16-29(42-21-32(37)38)28(20-23)36-33(39)24-7-3-5-22(19-24)11-17-31-35-27-8-1-2-9-30(27)43-31/h1-3,5,7-17,19-20H,4,6,18,21H2,(H,36,39)(H,37,38). The number of thiazole rings is 1. The lowest BCUT2D eigenvalue weighted by Gasteiger charge is -2.14. The number of anilines is 1. The molecule has 0 saturated heterocycles. The van der Waals surface area contributed by atoms with Crippen LogP contribution in [0.2, 0.25) is 5.02 Å². The summed E-state index contributed by atoms with van der Waals surface area (Å²) in [4.78, 5) is 29.2. The molecular weight excluding hydrogens is 620 g/mol. The van der Waals surface area contributed by atoms with Crippen LogP contribution in [-0.2, 0) is 21.1 Å². The Labute approximate surface area is 263 Å². The molecule has 0 bridgehead atoms. The number of ether oxygens (including phenoxy) is 1. The van der Waals surface area contributed by atoms with Gasteiger partial charge in [-0.25, -0.2) is 18.2 Å². The lowest BCUT2D eigenvalue weighted by atomic mass is 10.1. The van der Waals surface area contributed by atoms with Gasteiger partial charge in [-0.2, -0.15) is 0 Å². The Morgan fingerprint density at radius 1 is 0.955 bits per heavy atom. The van der Waals surface area contributed by atoms with E-state index in [1.54, 1.807) is 47.7 Å². The molecule has 44 heavy (non-hydrogen) atoms. The Morgan fingerprint density at radius 2 is 1.75 bits per heavy atom. The zero-order valence-electron chi connectivity index (χ0n) is 23.3. The molecule has 1 amide bonds. The van der Waals surface area contributed by atoms with Crippen molar-refractivity contribution in [2.24, 2.45) is 0 Å². The Balaban J connectivity index is 1.29. The van der Waals surface area contributed by atoms with Crippen LogP contribution in [0.25, 0.3) is 22.4 Å². The zero-order valence-corrected chi connectivity index (χ0v) is 25.7. The van der Waals surface area contributed by atoms with Gasteiger partial charge in [0.1, 0.15) is 10.8 Å². The van der Waals surface area contributed by atoms with Crippen molar-refractivity contribution in [3.63, 3.8) is 0 Å². The highest BCUT2D eigenvalue weighted by atomic mass is 35.5. The normalized spacial score (nSPS) is 11.6. The van der Waals surface area contributed by atoms with E-state index in [4.69, 9.17) is 21.4 Å². The third-order valence-corrected chi connectivity index (χ3v) is 9.64. The van der Waals surface area contributed by atoms with Crippen LogP contribution in [0.15, 0.2) is 95.9 Å². The van der Waals surface area contributed by atoms with Crippen molar-refractivity contribution in [2.45, 2.75) is 17.7 Å². The number of carbonyl (C=O) groups is 2. The van der Waals surface area contributed by atoms with Gasteiger partial charge in [0.25, 0.3) is 5.91 Å². The van der Waals surface area contributed by atoms with E-state index in [2.05, 4.69) is 10.3 Å². The summed E-state index contributed by atoms with van der Waals surface area (Å²) < 4.78 is 31.9. The maximum atomic E-state index is 13.3. The number of amides is 1. The summed E-state index contributed by atoms with van der Waals surface area (Å²) in [6, 6.07) is 25.9. The van der Waals surface area contributed by atoms with Gasteiger partial charge >= 0.3 is 5.97 Å². The molecular formula is C33H27ClN2O6S2. The van der Waals surface area contributed by atoms with Gasteiger partial charge in [-0.3, -0.25) is 4.79 Å². The summed E-state index contributed by atoms with van der Waals surface area (Å²) >= 11 is 7.45. The number of sulfone groups is 1. The van der Waals surface area contributed by atoms with Crippen molar-refractivity contribution in [3.8, 4) is 5.75 Å².